The number of carbonyl (C=O) groups excluding carboxylic acids is 1. The minimum absolute atomic E-state index is 0.326. The number of anilines is 1. The molecule has 0 fully saturated rings. The summed E-state index contributed by atoms with van der Waals surface area (Å²) in [5.74, 6) is 0.799. The normalized spacial score (nSPS) is 12.3. The molecule has 0 aliphatic carbocycles. The number of hydrogen-bond donors (Lipinski definition) is 0. The van der Waals surface area contributed by atoms with Crippen LogP contribution in [-0.2, 0) is 4.74 Å². The second kappa shape index (κ2) is 7.75. The molecular weight excluding hydrogens is 280 g/mol. The van der Waals surface area contributed by atoms with Crippen LogP contribution in [0, 0.1) is 6.92 Å². The van der Waals surface area contributed by atoms with Gasteiger partial charge in [0.2, 0.25) is 0 Å². The number of thioether (sulfide) groups is 1. The first-order chi connectivity index (χ1) is 9.01. The molecule has 1 rings (SSSR count). The van der Waals surface area contributed by atoms with E-state index in [1.54, 1.807) is 18.3 Å². The lowest BCUT2D eigenvalue weighted by atomic mass is 10.2. The predicted octanol–water partition coefficient (Wildman–Crippen LogP) is 3.21. The van der Waals surface area contributed by atoms with Gasteiger partial charge in [-0.15, -0.1) is 11.3 Å². The zero-order valence-electron chi connectivity index (χ0n) is 12.2. The van der Waals surface area contributed by atoms with Gasteiger partial charge < -0.3 is 9.64 Å². The Morgan fingerprint density at radius 3 is 2.84 bits per heavy atom. The van der Waals surface area contributed by atoms with E-state index in [4.69, 9.17) is 4.74 Å². The number of hydrogen-bond acceptors (Lipinski definition) is 6. The van der Waals surface area contributed by atoms with E-state index >= 15 is 0 Å². The van der Waals surface area contributed by atoms with Crippen molar-refractivity contribution in [1.29, 1.82) is 0 Å². The van der Waals surface area contributed by atoms with Crippen molar-refractivity contribution in [2.24, 2.45) is 0 Å². The van der Waals surface area contributed by atoms with Crippen molar-refractivity contribution in [3.05, 3.63) is 10.6 Å². The molecule has 0 aliphatic heterocycles. The van der Waals surface area contributed by atoms with Crippen LogP contribution in [0.1, 0.15) is 35.6 Å². The van der Waals surface area contributed by atoms with Crippen LogP contribution >= 0.6 is 23.1 Å². The average molecular weight is 302 g/mol. The maximum atomic E-state index is 11.7. The van der Waals surface area contributed by atoms with E-state index in [2.05, 4.69) is 23.1 Å². The highest BCUT2D eigenvalue weighted by Crippen LogP contribution is 2.27. The van der Waals surface area contributed by atoms with Gasteiger partial charge in [-0.1, -0.05) is 0 Å². The number of ether oxygens (including phenoxy) is 1. The molecule has 1 unspecified atom stereocenters. The molecule has 0 spiro atoms. The summed E-state index contributed by atoms with van der Waals surface area (Å²) in [5, 5.41) is 0.883. The van der Waals surface area contributed by atoms with Crippen LogP contribution in [0.25, 0.3) is 0 Å². The standard InChI is InChI=1S/C13H22N2O2S2/c1-6-17-12(16)11-10(3)19-13(14-11)15(4)9(2)7-8-18-5/h9H,6-8H2,1-5H3. The number of aryl methyl sites for hydroxylation is 1. The Morgan fingerprint density at radius 2 is 2.26 bits per heavy atom. The molecule has 108 valence electrons. The first kappa shape index (κ1) is 16.3. The van der Waals surface area contributed by atoms with E-state index in [-0.39, 0.29) is 5.97 Å². The summed E-state index contributed by atoms with van der Waals surface area (Å²) in [6.45, 7) is 6.27. The lowest BCUT2D eigenvalue weighted by Gasteiger charge is -2.23. The Hall–Kier alpha value is -0.750. The number of esters is 1. The van der Waals surface area contributed by atoms with Gasteiger partial charge in [-0.2, -0.15) is 11.8 Å². The minimum atomic E-state index is -0.326. The second-order valence-corrected chi connectivity index (χ2v) is 6.53. The Kier molecular flexibility index (Phi) is 6.65. The zero-order valence-corrected chi connectivity index (χ0v) is 13.9. The number of nitrogens with zero attached hydrogens (tertiary/aromatic N) is 2. The molecule has 1 heterocycles. The number of thiazole rings is 1. The van der Waals surface area contributed by atoms with E-state index in [1.165, 1.54) is 0 Å². The second-order valence-electron chi connectivity index (χ2n) is 4.36. The molecule has 1 aromatic rings. The fourth-order valence-corrected chi connectivity index (χ4v) is 3.13. The third-order valence-corrected chi connectivity index (χ3v) is 4.66. The summed E-state index contributed by atoms with van der Waals surface area (Å²) in [7, 11) is 2.03. The molecule has 0 bridgehead atoms. The van der Waals surface area contributed by atoms with Crippen molar-refractivity contribution in [3.8, 4) is 0 Å². The van der Waals surface area contributed by atoms with Gasteiger partial charge in [0.25, 0.3) is 0 Å². The summed E-state index contributed by atoms with van der Waals surface area (Å²) in [4.78, 5) is 19.2. The molecule has 19 heavy (non-hydrogen) atoms. The van der Waals surface area contributed by atoms with Crippen LogP contribution in [0.15, 0.2) is 0 Å². The number of aromatic nitrogens is 1. The minimum Gasteiger partial charge on any atom is -0.461 e. The van der Waals surface area contributed by atoms with Crippen molar-refractivity contribution in [2.45, 2.75) is 33.2 Å². The third kappa shape index (κ3) is 4.38. The molecule has 6 heteroatoms. The summed E-state index contributed by atoms with van der Waals surface area (Å²) >= 11 is 3.39. The maximum absolute atomic E-state index is 11.7. The summed E-state index contributed by atoms with van der Waals surface area (Å²) in [5.41, 5.74) is 0.450. The predicted molar refractivity (Wildman–Crippen MR) is 83.7 cm³/mol. The van der Waals surface area contributed by atoms with Crippen LogP contribution in [0.4, 0.5) is 5.13 Å². The maximum Gasteiger partial charge on any atom is 0.358 e. The van der Waals surface area contributed by atoms with E-state index in [9.17, 15) is 4.79 Å². The van der Waals surface area contributed by atoms with Crippen LogP contribution in [0.2, 0.25) is 0 Å². The lowest BCUT2D eigenvalue weighted by molar-refractivity contribution is 0.0519. The Morgan fingerprint density at radius 1 is 1.58 bits per heavy atom. The van der Waals surface area contributed by atoms with Crippen LogP contribution in [0.5, 0.6) is 0 Å². The highest BCUT2D eigenvalue weighted by atomic mass is 32.2. The molecule has 0 saturated carbocycles. The van der Waals surface area contributed by atoms with Gasteiger partial charge in [0, 0.05) is 18.0 Å². The van der Waals surface area contributed by atoms with Crippen molar-refractivity contribution in [2.75, 3.05) is 30.6 Å². The molecule has 4 nitrogen and oxygen atoms in total. The summed E-state index contributed by atoms with van der Waals surface area (Å²) in [6, 6.07) is 0.410. The van der Waals surface area contributed by atoms with E-state index in [0.29, 0.717) is 18.3 Å². The van der Waals surface area contributed by atoms with Crippen LogP contribution < -0.4 is 4.90 Å². The van der Waals surface area contributed by atoms with Gasteiger partial charge >= 0.3 is 5.97 Å². The lowest BCUT2D eigenvalue weighted by Crippen LogP contribution is -2.29. The number of rotatable bonds is 7. The van der Waals surface area contributed by atoms with Gasteiger partial charge in [0.05, 0.1) is 6.61 Å². The van der Waals surface area contributed by atoms with E-state index < -0.39 is 0 Å². The highest BCUT2D eigenvalue weighted by molar-refractivity contribution is 7.98. The first-order valence-electron chi connectivity index (χ1n) is 6.37. The molecular formula is C13H22N2O2S2. The molecule has 0 radical (unpaired) electrons. The van der Waals surface area contributed by atoms with Gasteiger partial charge in [0.15, 0.2) is 10.8 Å². The Labute approximate surface area is 123 Å². The fraction of sp³-hybridized carbons (Fsp3) is 0.692. The number of carbonyl (C=O) groups is 1. The van der Waals surface area contributed by atoms with Crippen molar-refractivity contribution < 1.29 is 9.53 Å². The fourth-order valence-electron chi connectivity index (χ4n) is 1.59. The molecule has 1 atom stereocenters. The van der Waals surface area contributed by atoms with E-state index in [0.717, 1.165) is 22.2 Å². The quantitative estimate of drug-likeness (QED) is 0.724. The van der Waals surface area contributed by atoms with Gasteiger partial charge in [-0.3, -0.25) is 0 Å². The third-order valence-electron chi connectivity index (χ3n) is 2.96. The molecule has 0 amide bonds. The highest BCUT2D eigenvalue weighted by Gasteiger charge is 2.20. The Balaban J connectivity index is 2.79. The first-order valence-corrected chi connectivity index (χ1v) is 8.58. The smallest absolute Gasteiger partial charge is 0.358 e. The largest absolute Gasteiger partial charge is 0.461 e. The monoisotopic (exact) mass is 302 g/mol. The van der Waals surface area contributed by atoms with Crippen molar-refractivity contribution in [3.63, 3.8) is 0 Å². The average Bonchev–Trinajstić information content (AvgIpc) is 2.77. The molecule has 1 aromatic heterocycles. The summed E-state index contributed by atoms with van der Waals surface area (Å²) < 4.78 is 5.01. The van der Waals surface area contributed by atoms with E-state index in [1.807, 2.05) is 25.7 Å². The van der Waals surface area contributed by atoms with Crippen LogP contribution in [0.3, 0.4) is 0 Å². The van der Waals surface area contributed by atoms with Crippen molar-refractivity contribution >= 4 is 34.2 Å². The molecule has 0 aliphatic rings. The van der Waals surface area contributed by atoms with Crippen LogP contribution in [-0.4, -0.2) is 42.7 Å². The summed E-state index contributed by atoms with van der Waals surface area (Å²) in [6.07, 6.45) is 3.21. The van der Waals surface area contributed by atoms with Gasteiger partial charge in [-0.25, -0.2) is 9.78 Å². The topological polar surface area (TPSA) is 42.4 Å². The SMILES string of the molecule is CCOC(=O)c1nc(N(C)C(C)CCSC)sc1C. The van der Waals surface area contributed by atoms with Gasteiger partial charge in [-0.05, 0) is 39.2 Å². The van der Waals surface area contributed by atoms with Crippen molar-refractivity contribution in [1.82, 2.24) is 4.98 Å². The molecule has 0 aromatic carbocycles. The molecule has 0 N–H and O–H groups in total. The zero-order chi connectivity index (χ0) is 14.4. The van der Waals surface area contributed by atoms with Gasteiger partial charge in [0.1, 0.15) is 0 Å². The Bertz CT molecular complexity index is 421. The molecule has 0 saturated heterocycles.